The molecule has 1 aromatic heterocycles. The molecule has 3 aliphatic rings. The second kappa shape index (κ2) is 13.7. The van der Waals surface area contributed by atoms with Gasteiger partial charge >= 0.3 is 0 Å². The number of nitrogens with zero attached hydrogens (tertiary/aromatic N) is 1. The highest BCUT2D eigenvalue weighted by atomic mass is 16.5. The zero-order valence-corrected chi connectivity index (χ0v) is 27.4. The molecule has 3 atom stereocenters. The highest BCUT2D eigenvalue weighted by Gasteiger charge is 2.43. The van der Waals surface area contributed by atoms with Crippen LogP contribution in [0.3, 0.4) is 0 Å². The molecule has 2 aliphatic carbocycles. The zero-order chi connectivity index (χ0) is 32.4. The Morgan fingerprint density at radius 1 is 0.957 bits per heavy atom. The van der Waals surface area contributed by atoms with Crippen LogP contribution < -0.4 is 20.9 Å². The summed E-state index contributed by atoms with van der Waals surface area (Å²) in [6.07, 6.45) is 11.7. The van der Waals surface area contributed by atoms with Crippen LogP contribution in [0.2, 0.25) is 0 Å². The van der Waals surface area contributed by atoms with E-state index in [9.17, 15) is 14.7 Å². The van der Waals surface area contributed by atoms with Gasteiger partial charge in [-0.1, -0.05) is 80.4 Å². The molecule has 246 valence electrons. The standard InChI is InChI=1S/C40H47N3O4/c1-2-27-18-19-37-32(22-27)35(24-40(47-37)20-10-11-21-40)41-25-36(44)34(23-28-12-4-3-5-13-28)42-38(45)33-26-43(29-14-6-7-15-29)39(46)31-17-9-8-16-30(31)33/h3-5,8-9,12-13,16-19,22,26,29,34-36,41,44H,2,6-7,10-11,14-15,20-21,23-25H2,1H3,(H,42,45)/t34-,35-,36+/m0/s1. The largest absolute Gasteiger partial charge is 0.487 e. The normalized spacial score (nSPS) is 20.2. The van der Waals surface area contributed by atoms with Crippen molar-refractivity contribution in [3.8, 4) is 5.75 Å². The van der Waals surface area contributed by atoms with Crippen molar-refractivity contribution >= 4 is 16.7 Å². The van der Waals surface area contributed by atoms with Crippen LogP contribution >= 0.6 is 0 Å². The summed E-state index contributed by atoms with van der Waals surface area (Å²) in [7, 11) is 0. The van der Waals surface area contributed by atoms with Gasteiger partial charge in [-0.3, -0.25) is 9.59 Å². The number of benzene rings is 3. The summed E-state index contributed by atoms with van der Waals surface area (Å²) >= 11 is 0. The fourth-order valence-electron chi connectivity index (χ4n) is 8.20. The van der Waals surface area contributed by atoms with E-state index in [1.807, 2.05) is 54.6 Å². The van der Waals surface area contributed by atoms with E-state index in [2.05, 4.69) is 35.8 Å². The number of carbonyl (C=O) groups is 1. The number of ether oxygens (including phenoxy) is 1. The van der Waals surface area contributed by atoms with Gasteiger partial charge in [0, 0.05) is 47.6 Å². The van der Waals surface area contributed by atoms with Gasteiger partial charge < -0.3 is 25.0 Å². The van der Waals surface area contributed by atoms with Crippen LogP contribution in [0.5, 0.6) is 5.75 Å². The first-order valence-electron chi connectivity index (χ1n) is 17.6. The third-order valence-electron chi connectivity index (χ3n) is 10.8. The van der Waals surface area contributed by atoms with Gasteiger partial charge in [-0.05, 0) is 74.6 Å². The first-order valence-corrected chi connectivity index (χ1v) is 17.6. The number of fused-ring (bicyclic) bond motifs is 2. The number of amides is 1. The lowest BCUT2D eigenvalue weighted by Crippen LogP contribution is -2.50. The molecule has 2 fully saturated rings. The van der Waals surface area contributed by atoms with E-state index in [0.29, 0.717) is 29.3 Å². The monoisotopic (exact) mass is 633 g/mol. The molecular formula is C40H47N3O4. The summed E-state index contributed by atoms with van der Waals surface area (Å²) in [5.74, 6) is 0.669. The lowest BCUT2D eigenvalue weighted by atomic mass is 9.85. The maximum atomic E-state index is 14.2. The van der Waals surface area contributed by atoms with Crippen molar-refractivity contribution in [2.75, 3.05) is 6.54 Å². The number of aliphatic hydroxyl groups is 1. The predicted molar refractivity (Wildman–Crippen MR) is 186 cm³/mol. The van der Waals surface area contributed by atoms with Gasteiger partial charge in [-0.2, -0.15) is 0 Å². The van der Waals surface area contributed by atoms with Gasteiger partial charge in [0.15, 0.2) is 0 Å². The summed E-state index contributed by atoms with van der Waals surface area (Å²) in [6.45, 7) is 2.48. The van der Waals surface area contributed by atoms with Crippen molar-refractivity contribution in [1.82, 2.24) is 15.2 Å². The van der Waals surface area contributed by atoms with Gasteiger partial charge in [0.25, 0.3) is 11.5 Å². The Kier molecular flexibility index (Phi) is 9.20. The zero-order valence-electron chi connectivity index (χ0n) is 27.4. The van der Waals surface area contributed by atoms with Gasteiger partial charge in [0.2, 0.25) is 0 Å². The molecular weight excluding hydrogens is 586 g/mol. The lowest BCUT2D eigenvalue weighted by molar-refractivity contribution is 0.0326. The van der Waals surface area contributed by atoms with Crippen LogP contribution in [0.15, 0.2) is 83.8 Å². The third kappa shape index (κ3) is 6.61. The Bertz CT molecular complexity index is 1770. The Hall–Kier alpha value is -3.94. The predicted octanol–water partition coefficient (Wildman–Crippen LogP) is 6.81. The van der Waals surface area contributed by atoms with Crippen LogP contribution in [0.4, 0.5) is 0 Å². The molecule has 7 nitrogen and oxygen atoms in total. The van der Waals surface area contributed by atoms with Crippen molar-refractivity contribution in [3.05, 3.63) is 112 Å². The van der Waals surface area contributed by atoms with Gasteiger partial charge in [-0.25, -0.2) is 0 Å². The second-order valence-corrected chi connectivity index (χ2v) is 14.0. The number of aryl methyl sites for hydroxylation is 1. The van der Waals surface area contributed by atoms with Crippen molar-refractivity contribution in [1.29, 1.82) is 0 Å². The Balaban J connectivity index is 1.16. The number of aliphatic hydroxyl groups excluding tert-OH is 1. The molecule has 7 heteroatoms. The van der Waals surface area contributed by atoms with E-state index in [4.69, 9.17) is 4.74 Å². The van der Waals surface area contributed by atoms with Gasteiger partial charge in [0.1, 0.15) is 11.4 Å². The average Bonchev–Trinajstić information content (AvgIpc) is 3.80. The topological polar surface area (TPSA) is 92.6 Å². The van der Waals surface area contributed by atoms with Crippen molar-refractivity contribution in [2.24, 2.45) is 0 Å². The fourth-order valence-corrected chi connectivity index (χ4v) is 8.20. The number of rotatable bonds is 10. The van der Waals surface area contributed by atoms with E-state index >= 15 is 0 Å². The van der Waals surface area contributed by atoms with Crippen LogP contribution in [0, 0.1) is 0 Å². The number of hydrogen-bond donors (Lipinski definition) is 3. The van der Waals surface area contributed by atoms with Gasteiger partial charge in [-0.15, -0.1) is 0 Å². The molecule has 3 aromatic carbocycles. The van der Waals surface area contributed by atoms with Crippen LogP contribution in [-0.4, -0.2) is 39.9 Å². The summed E-state index contributed by atoms with van der Waals surface area (Å²) in [6, 6.07) is 23.5. The molecule has 0 saturated heterocycles. The van der Waals surface area contributed by atoms with Gasteiger partial charge in [0.05, 0.1) is 17.7 Å². The highest BCUT2D eigenvalue weighted by Crippen LogP contribution is 2.47. The SMILES string of the molecule is CCc1ccc2c(c1)[C@@H](NC[C@@H](O)[C@H](Cc1ccccc1)NC(=O)c1cn(C3CCCC3)c(=O)c3ccccc13)CC1(CCCC1)O2. The molecule has 2 heterocycles. The summed E-state index contributed by atoms with van der Waals surface area (Å²) < 4.78 is 8.43. The molecule has 1 amide bonds. The number of aromatic nitrogens is 1. The van der Waals surface area contributed by atoms with E-state index in [1.54, 1.807) is 10.8 Å². The summed E-state index contributed by atoms with van der Waals surface area (Å²) in [4.78, 5) is 27.7. The lowest BCUT2D eigenvalue weighted by Gasteiger charge is -2.41. The smallest absolute Gasteiger partial charge is 0.258 e. The Morgan fingerprint density at radius 2 is 1.68 bits per heavy atom. The quantitative estimate of drug-likeness (QED) is 0.179. The van der Waals surface area contributed by atoms with Crippen molar-refractivity contribution < 1.29 is 14.6 Å². The minimum Gasteiger partial charge on any atom is -0.487 e. The third-order valence-corrected chi connectivity index (χ3v) is 10.8. The molecule has 4 aromatic rings. The molecule has 1 spiro atoms. The van der Waals surface area contributed by atoms with Crippen LogP contribution in [0.25, 0.3) is 10.8 Å². The van der Waals surface area contributed by atoms with Crippen LogP contribution in [-0.2, 0) is 12.8 Å². The average molecular weight is 634 g/mol. The first-order chi connectivity index (χ1) is 22.9. The summed E-state index contributed by atoms with van der Waals surface area (Å²) in [5.41, 5.74) is 3.72. The Morgan fingerprint density at radius 3 is 2.43 bits per heavy atom. The van der Waals surface area contributed by atoms with Crippen molar-refractivity contribution in [3.63, 3.8) is 0 Å². The van der Waals surface area contributed by atoms with Crippen molar-refractivity contribution in [2.45, 2.75) is 107 Å². The number of carbonyl (C=O) groups excluding carboxylic acids is 1. The van der Waals surface area contributed by atoms with E-state index in [0.717, 1.165) is 68.2 Å². The molecule has 1 aliphatic heterocycles. The minimum atomic E-state index is -0.855. The Labute approximate surface area is 277 Å². The molecule has 0 bridgehead atoms. The molecule has 7 rings (SSSR count). The molecule has 0 unspecified atom stereocenters. The van der Waals surface area contributed by atoms with E-state index in [1.165, 1.54) is 18.4 Å². The minimum absolute atomic E-state index is 0.0443. The number of pyridine rings is 1. The highest BCUT2D eigenvalue weighted by molar-refractivity contribution is 6.06. The molecule has 47 heavy (non-hydrogen) atoms. The fraction of sp³-hybridized carbons (Fsp3) is 0.450. The number of nitrogens with one attached hydrogen (secondary N) is 2. The maximum Gasteiger partial charge on any atom is 0.258 e. The molecule has 2 saturated carbocycles. The summed E-state index contributed by atoms with van der Waals surface area (Å²) in [5, 5.41) is 20.0. The molecule has 3 N–H and O–H groups in total. The first kappa shape index (κ1) is 31.6. The van der Waals surface area contributed by atoms with E-state index < -0.39 is 12.1 Å². The van der Waals surface area contributed by atoms with E-state index in [-0.39, 0.29) is 29.2 Å². The van der Waals surface area contributed by atoms with Crippen LogP contribution in [0.1, 0.15) is 104 Å². The molecule has 0 radical (unpaired) electrons. The number of hydrogen-bond acceptors (Lipinski definition) is 5. The second-order valence-electron chi connectivity index (χ2n) is 14.0. The maximum absolute atomic E-state index is 14.2.